The summed E-state index contributed by atoms with van der Waals surface area (Å²) >= 11 is 0. The lowest BCUT2D eigenvalue weighted by Crippen LogP contribution is -2.11. The minimum absolute atomic E-state index is 0.814. The van der Waals surface area contributed by atoms with Gasteiger partial charge in [-0.25, -0.2) is 0 Å². The van der Waals surface area contributed by atoms with E-state index in [9.17, 15) is 0 Å². The number of hydrogen-bond donors (Lipinski definition) is 2. The van der Waals surface area contributed by atoms with Crippen molar-refractivity contribution in [3.05, 3.63) is 60.3 Å². The van der Waals surface area contributed by atoms with Crippen LogP contribution in [0.25, 0.3) is 10.9 Å². The fourth-order valence-electron chi connectivity index (χ4n) is 2.48. The Bertz CT molecular complexity index is 713. The topological polar surface area (TPSA) is 31.1 Å². The number of rotatable bonds is 4. The molecule has 2 N–H and O–H groups in total. The Morgan fingerprint density at radius 1 is 1.00 bits per heavy atom. The number of fused-ring (bicyclic) bond motifs is 1. The molecule has 0 fully saturated rings. The first-order valence-electron chi connectivity index (χ1n) is 6.81. The Morgan fingerprint density at radius 2 is 1.75 bits per heavy atom. The first kappa shape index (κ1) is 12.6. The maximum absolute atomic E-state index is 3.53. The van der Waals surface area contributed by atoms with Crippen molar-refractivity contribution < 1.29 is 0 Å². The van der Waals surface area contributed by atoms with Crippen LogP contribution in [0.2, 0.25) is 0 Å². The first-order valence-corrected chi connectivity index (χ1v) is 6.81. The van der Waals surface area contributed by atoms with E-state index >= 15 is 0 Å². The van der Waals surface area contributed by atoms with Crippen LogP contribution in [-0.2, 0) is 6.54 Å². The third-order valence-electron chi connectivity index (χ3n) is 3.53. The molecule has 0 amide bonds. The minimum atomic E-state index is 0.814. The average Bonchev–Trinajstić information content (AvgIpc) is 2.88. The van der Waals surface area contributed by atoms with Crippen LogP contribution >= 0.6 is 0 Å². The van der Waals surface area contributed by atoms with Gasteiger partial charge in [0.2, 0.25) is 0 Å². The molecule has 3 rings (SSSR count). The van der Waals surface area contributed by atoms with Gasteiger partial charge in [0.1, 0.15) is 0 Å². The molecule has 3 heteroatoms. The summed E-state index contributed by atoms with van der Waals surface area (Å²) in [6.45, 7) is 0.814. The van der Waals surface area contributed by atoms with Crippen LogP contribution in [0.1, 0.15) is 5.56 Å². The number of aromatic amines is 1. The summed E-state index contributed by atoms with van der Waals surface area (Å²) in [6, 6.07) is 16.7. The van der Waals surface area contributed by atoms with Crippen molar-refractivity contribution in [2.24, 2.45) is 0 Å². The molecule has 1 heterocycles. The molecule has 3 aromatic rings. The first-order chi connectivity index (χ1) is 9.75. The number of nitrogens with zero attached hydrogens (tertiary/aromatic N) is 1. The molecule has 3 nitrogen and oxygen atoms in total. The Hall–Kier alpha value is -2.42. The Morgan fingerprint density at radius 3 is 2.60 bits per heavy atom. The molecule has 102 valence electrons. The molecule has 0 radical (unpaired) electrons. The van der Waals surface area contributed by atoms with E-state index in [2.05, 4.69) is 84.0 Å². The molecule has 0 saturated carbocycles. The highest BCUT2D eigenvalue weighted by Crippen LogP contribution is 2.25. The molecule has 0 aliphatic carbocycles. The van der Waals surface area contributed by atoms with Gasteiger partial charge >= 0.3 is 0 Å². The van der Waals surface area contributed by atoms with Crippen LogP contribution in [-0.4, -0.2) is 19.1 Å². The van der Waals surface area contributed by atoms with Crippen molar-refractivity contribution >= 4 is 22.3 Å². The van der Waals surface area contributed by atoms with Gasteiger partial charge in [0.05, 0.1) is 11.4 Å². The highest BCUT2D eigenvalue weighted by molar-refractivity contribution is 5.83. The third-order valence-corrected chi connectivity index (χ3v) is 3.53. The van der Waals surface area contributed by atoms with Crippen LogP contribution in [0, 0.1) is 0 Å². The monoisotopic (exact) mass is 265 g/mol. The quantitative estimate of drug-likeness (QED) is 0.751. The number of anilines is 2. The van der Waals surface area contributed by atoms with E-state index < -0.39 is 0 Å². The van der Waals surface area contributed by atoms with Gasteiger partial charge in [0, 0.05) is 37.7 Å². The molecular weight excluding hydrogens is 246 g/mol. The van der Waals surface area contributed by atoms with E-state index in [1.807, 2.05) is 0 Å². The molecule has 0 unspecified atom stereocenters. The van der Waals surface area contributed by atoms with E-state index in [0.29, 0.717) is 0 Å². The van der Waals surface area contributed by atoms with Crippen molar-refractivity contribution in [3.8, 4) is 0 Å². The number of para-hydroxylation sites is 3. The van der Waals surface area contributed by atoms with E-state index in [-0.39, 0.29) is 0 Å². The van der Waals surface area contributed by atoms with E-state index in [1.54, 1.807) is 0 Å². The Labute approximate surface area is 119 Å². The van der Waals surface area contributed by atoms with Crippen molar-refractivity contribution in [1.29, 1.82) is 0 Å². The summed E-state index contributed by atoms with van der Waals surface area (Å²) < 4.78 is 0. The van der Waals surface area contributed by atoms with Gasteiger partial charge in [0.15, 0.2) is 0 Å². The number of nitrogens with one attached hydrogen (secondary N) is 2. The Balaban J connectivity index is 1.83. The van der Waals surface area contributed by atoms with Crippen molar-refractivity contribution in [3.63, 3.8) is 0 Å². The number of H-pyrrole nitrogens is 1. The van der Waals surface area contributed by atoms with Crippen LogP contribution in [0.3, 0.4) is 0 Å². The standard InChI is InChI=1S/C17H19N3/c1-20(2)17-10-6-5-9-16(17)19-12-13-11-18-15-8-4-3-7-14(13)15/h3-11,18-19H,12H2,1-2H3. The molecule has 0 saturated heterocycles. The van der Waals surface area contributed by atoms with Gasteiger partial charge in [0.25, 0.3) is 0 Å². The zero-order valence-electron chi connectivity index (χ0n) is 11.9. The molecule has 0 atom stereocenters. The molecule has 2 aromatic carbocycles. The second-order valence-corrected chi connectivity index (χ2v) is 5.12. The lowest BCUT2D eigenvalue weighted by atomic mass is 10.1. The van der Waals surface area contributed by atoms with E-state index in [4.69, 9.17) is 0 Å². The van der Waals surface area contributed by atoms with Crippen LogP contribution in [0.4, 0.5) is 11.4 Å². The zero-order chi connectivity index (χ0) is 13.9. The number of hydrogen-bond acceptors (Lipinski definition) is 2. The molecule has 0 spiro atoms. The summed E-state index contributed by atoms with van der Waals surface area (Å²) in [5.41, 5.74) is 4.83. The van der Waals surface area contributed by atoms with E-state index in [0.717, 1.165) is 12.2 Å². The lowest BCUT2D eigenvalue weighted by molar-refractivity contribution is 1.10. The molecule has 0 aliphatic heterocycles. The largest absolute Gasteiger partial charge is 0.379 e. The van der Waals surface area contributed by atoms with Crippen molar-refractivity contribution in [1.82, 2.24) is 4.98 Å². The van der Waals surface area contributed by atoms with Gasteiger partial charge in [-0.3, -0.25) is 0 Å². The molecule has 0 bridgehead atoms. The second kappa shape index (κ2) is 5.29. The summed E-state index contributed by atoms with van der Waals surface area (Å²) in [4.78, 5) is 5.43. The van der Waals surface area contributed by atoms with E-state index in [1.165, 1.54) is 22.2 Å². The van der Waals surface area contributed by atoms with Crippen molar-refractivity contribution in [2.45, 2.75) is 6.54 Å². The summed E-state index contributed by atoms with van der Waals surface area (Å²) in [7, 11) is 4.12. The SMILES string of the molecule is CN(C)c1ccccc1NCc1c[nH]c2ccccc12. The summed E-state index contributed by atoms with van der Waals surface area (Å²) in [5, 5.41) is 4.81. The Kier molecular flexibility index (Phi) is 3.33. The van der Waals surface area contributed by atoms with Gasteiger partial charge in [-0.1, -0.05) is 30.3 Å². The smallest absolute Gasteiger partial charge is 0.0596 e. The van der Waals surface area contributed by atoms with Crippen LogP contribution < -0.4 is 10.2 Å². The molecule has 20 heavy (non-hydrogen) atoms. The fourth-order valence-corrected chi connectivity index (χ4v) is 2.48. The second-order valence-electron chi connectivity index (χ2n) is 5.12. The zero-order valence-corrected chi connectivity index (χ0v) is 11.9. The number of aromatic nitrogens is 1. The van der Waals surface area contributed by atoms with Crippen LogP contribution in [0.5, 0.6) is 0 Å². The maximum Gasteiger partial charge on any atom is 0.0596 e. The highest BCUT2D eigenvalue weighted by Gasteiger charge is 2.05. The minimum Gasteiger partial charge on any atom is -0.379 e. The normalized spacial score (nSPS) is 10.7. The van der Waals surface area contributed by atoms with Gasteiger partial charge in [-0.2, -0.15) is 0 Å². The highest BCUT2D eigenvalue weighted by atomic mass is 15.1. The fraction of sp³-hybridized carbons (Fsp3) is 0.176. The summed E-state index contributed by atoms with van der Waals surface area (Å²) in [5.74, 6) is 0. The predicted molar refractivity (Wildman–Crippen MR) is 86.4 cm³/mol. The van der Waals surface area contributed by atoms with Gasteiger partial charge < -0.3 is 15.2 Å². The van der Waals surface area contributed by atoms with Gasteiger partial charge in [-0.05, 0) is 23.8 Å². The lowest BCUT2D eigenvalue weighted by Gasteiger charge is -2.18. The molecule has 1 aromatic heterocycles. The third kappa shape index (κ3) is 2.35. The molecular formula is C17H19N3. The van der Waals surface area contributed by atoms with Crippen molar-refractivity contribution in [2.75, 3.05) is 24.3 Å². The van der Waals surface area contributed by atoms with Crippen LogP contribution in [0.15, 0.2) is 54.7 Å². The number of benzene rings is 2. The molecule has 0 aliphatic rings. The maximum atomic E-state index is 3.53. The summed E-state index contributed by atoms with van der Waals surface area (Å²) in [6.07, 6.45) is 2.08. The average molecular weight is 265 g/mol. The predicted octanol–water partition coefficient (Wildman–Crippen LogP) is 3.85. The van der Waals surface area contributed by atoms with Gasteiger partial charge in [-0.15, -0.1) is 0 Å².